The van der Waals surface area contributed by atoms with Crippen LogP contribution in [-0.2, 0) is 14.8 Å². The molecule has 3 N–H and O–H groups in total. The summed E-state index contributed by atoms with van der Waals surface area (Å²) < 4.78 is 24.4. The molecule has 8 nitrogen and oxygen atoms in total. The number of nitrogens with zero attached hydrogens (tertiary/aromatic N) is 3. The van der Waals surface area contributed by atoms with Crippen LogP contribution in [0.15, 0.2) is 58.6 Å². The third-order valence-corrected chi connectivity index (χ3v) is 5.74. The van der Waals surface area contributed by atoms with Crippen LogP contribution in [0.3, 0.4) is 0 Å². The molecule has 0 fully saturated rings. The Morgan fingerprint density at radius 2 is 1.71 bits per heavy atom. The average molecular weight is 418 g/mol. The minimum absolute atomic E-state index is 0.0125. The van der Waals surface area contributed by atoms with Crippen molar-refractivity contribution in [3.63, 3.8) is 0 Å². The van der Waals surface area contributed by atoms with Gasteiger partial charge in [0.2, 0.25) is 15.9 Å². The van der Waals surface area contributed by atoms with E-state index in [-0.39, 0.29) is 16.6 Å². The minimum atomic E-state index is -3.76. The van der Waals surface area contributed by atoms with E-state index >= 15 is 0 Å². The minimum Gasteiger partial charge on any atom is -0.325 e. The van der Waals surface area contributed by atoms with Crippen LogP contribution in [0.5, 0.6) is 0 Å². The second-order valence-electron chi connectivity index (χ2n) is 6.11. The summed E-state index contributed by atoms with van der Waals surface area (Å²) in [6.07, 6.45) is 0. The number of benzene rings is 2. The summed E-state index contributed by atoms with van der Waals surface area (Å²) in [5, 5.41) is 16.6. The molecule has 3 aromatic rings. The van der Waals surface area contributed by atoms with Gasteiger partial charge in [0, 0.05) is 11.4 Å². The van der Waals surface area contributed by atoms with Crippen LogP contribution in [0, 0.1) is 13.8 Å². The van der Waals surface area contributed by atoms with E-state index in [1.165, 1.54) is 36.0 Å². The summed E-state index contributed by atoms with van der Waals surface area (Å²) in [5.41, 5.74) is 2.56. The molecular formula is C18H19N5O3S2. The maximum atomic E-state index is 12.2. The maximum Gasteiger partial charge on any atom is 0.238 e. The van der Waals surface area contributed by atoms with Gasteiger partial charge in [0.1, 0.15) is 5.82 Å². The lowest BCUT2D eigenvalue weighted by atomic mass is 10.2. The van der Waals surface area contributed by atoms with E-state index in [1.54, 1.807) is 0 Å². The highest BCUT2D eigenvalue weighted by Gasteiger charge is 2.14. The van der Waals surface area contributed by atoms with Gasteiger partial charge in [0.05, 0.1) is 10.6 Å². The van der Waals surface area contributed by atoms with E-state index in [0.29, 0.717) is 10.8 Å². The molecule has 3 rings (SSSR count). The molecule has 1 aromatic heterocycles. The fraction of sp³-hybridized carbons (Fsp3) is 0.167. The Bertz CT molecular complexity index is 1090. The monoisotopic (exact) mass is 417 g/mol. The first-order valence-corrected chi connectivity index (χ1v) is 10.8. The van der Waals surface area contributed by atoms with Crippen molar-refractivity contribution in [3.05, 3.63) is 59.9 Å². The van der Waals surface area contributed by atoms with Gasteiger partial charge >= 0.3 is 0 Å². The summed E-state index contributed by atoms with van der Waals surface area (Å²) in [6.45, 7) is 3.86. The number of carbonyl (C=O) groups is 1. The smallest absolute Gasteiger partial charge is 0.238 e. The molecule has 0 unspecified atom stereocenters. The molecule has 0 aliphatic carbocycles. The van der Waals surface area contributed by atoms with Gasteiger partial charge in [-0.2, -0.15) is 0 Å². The van der Waals surface area contributed by atoms with Crippen LogP contribution in [0.1, 0.15) is 11.4 Å². The molecule has 0 saturated carbocycles. The number of rotatable bonds is 6. The number of anilines is 1. The van der Waals surface area contributed by atoms with Gasteiger partial charge in [-0.3, -0.25) is 9.36 Å². The van der Waals surface area contributed by atoms with Crippen molar-refractivity contribution >= 4 is 33.4 Å². The lowest BCUT2D eigenvalue weighted by molar-refractivity contribution is -0.113. The molecule has 0 bridgehead atoms. The van der Waals surface area contributed by atoms with Crippen LogP contribution in [0.4, 0.5) is 5.69 Å². The standard InChI is InChI=1S/C18H19N5O3S2/c1-12-3-7-15(8-4-12)23-13(2)21-22-18(23)27-11-17(24)20-14-5-9-16(10-6-14)28(19,25)26/h3-10H,11H2,1-2H3,(H,20,24)(H2,19,25,26). The van der Waals surface area contributed by atoms with E-state index in [0.717, 1.165) is 17.1 Å². The Hall–Kier alpha value is -2.69. The normalized spacial score (nSPS) is 11.4. The molecule has 0 radical (unpaired) electrons. The molecule has 2 aromatic carbocycles. The van der Waals surface area contributed by atoms with Gasteiger partial charge < -0.3 is 5.32 Å². The van der Waals surface area contributed by atoms with Gasteiger partial charge in [-0.1, -0.05) is 29.5 Å². The number of amides is 1. The number of nitrogens with two attached hydrogens (primary N) is 1. The second kappa shape index (κ2) is 8.13. The van der Waals surface area contributed by atoms with E-state index in [2.05, 4.69) is 15.5 Å². The predicted octanol–water partition coefficient (Wildman–Crippen LogP) is 2.26. The Balaban J connectivity index is 1.66. The Labute approximate surface area is 167 Å². The van der Waals surface area contributed by atoms with Gasteiger partial charge in [-0.25, -0.2) is 13.6 Å². The lowest BCUT2D eigenvalue weighted by Crippen LogP contribution is -2.15. The van der Waals surface area contributed by atoms with Gasteiger partial charge in [0.15, 0.2) is 5.16 Å². The van der Waals surface area contributed by atoms with Gasteiger partial charge in [-0.15, -0.1) is 10.2 Å². The first-order valence-electron chi connectivity index (χ1n) is 8.28. The van der Waals surface area contributed by atoms with E-state index in [4.69, 9.17) is 5.14 Å². The third kappa shape index (κ3) is 4.77. The molecular weight excluding hydrogens is 398 g/mol. The number of sulfonamides is 1. The SMILES string of the molecule is Cc1ccc(-n2c(C)nnc2SCC(=O)Nc2ccc(S(N)(=O)=O)cc2)cc1. The molecule has 0 aliphatic rings. The summed E-state index contributed by atoms with van der Waals surface area (Å²) in [5.74, 6) is 0.607. The van der Waals surface area contributed by atoms with Crippen molar-refractivity contribution in [1.82, 2.24) is 14.8 Å². The van der Waals surface area contributed by atoms with Gasteiger partial charge in [-0.05, 0) is 50.2 Å². The Morgan fingerprint density at radius 3 is 2.32 bits per heavy atom. The first kappa shape index (κ1) is 20.1. The summed E-state index contributed by atoms with van der Waals surface area (Å²) >= 11 is 1.26. The van der Waals surface area contributed by atoms with E-state index in [1.807, 2.05) is 42.7 Å². The zero-order chi connectivity index (χ0) is 20.3. The summed E-state index contributed by atoms with van der Waals surface area (Å²) in [4.78, 5) is 12.2. The maximum absolute atomic E-state index is 12.2. The molecule has 0 atom stereocenters. The molecule has 1 heterocycles. The van der Waals surface area contributed by atoms with Crippen molar-refractivity contribution in [2.45, 2.75) is 23.9 Å². The van der Waals surface area contributed by atoms with Crippen LogP contribution < -0.4 is 10.5 Å². The zero-order valence-electron chi connectivity index (χ0n) is 15.3. The lowest BCUT2D eigenvalue weighted by Gasteiger charge is -2.09. The average Bonchev–Trinajstić information content (AvgIpc) is 3.01. The number of aryl methyl sites for hydroxylation is 2. The molecule has 0 spiro atoms. The molecule has 0 aliphatic heterocycles. The third-order valence-electron chi connectivity index (χ3n) is 3.89. The fourth-order valence-electron chi connectivity index (χ4n) is 2.48. The number of primary sulfonamides is 1. The molecule has 28 heavy (non-hydrogen) atoms. The molecule has 10 heteroatoms. The second-order valence-corrected chi connectivity index (χ2v) is 8.61. The van der Waals surface area contributed by atoms with Crippen molar-refractivity contribution in [1.29, 1.82) is 0 Å². The number of nitrogens with one attached hydrogen (secondary N) is 1. The van der Waals surface area contributed by atoms with Crippen LogP contribution >= 0.6 is 11.8 Å². The summed E-state index contributed by atoms with van der Waals surface area (Å²) in [6, 6.07) is 13.6. The number of thioether (sulfide) groups is 1. The Morgan fingerprint density at radius 1 is 1.07 bits per heavy atom. The van der Waals surface area contributed by atoms with Crippen molar-refractivity contribution in [3.8, 4) is 5.69 Å². The zero-order valence-corrected chi connectivity index (χ0v) is 16.9. The predicted molar refractivity (Wildman–Crippen MR) is 108 cm³/mol. The van der Waals surface area contributed by atoms with E-state index < -0.39 is 10.0 Å². The quantitative estimate of drug-likeness (QED) is 0.594. The van der Waals surface area contributed by atoms with Crippen LogP contribution in [0.2, 0.25) is 0 Å². The van der Waals surface area contributed by atoms with E-state index in [9.17, 15) is 13.2 Å². The Kier molecular flexibility index (Phi) is 5.82. The molecule has 1 amide bonds. The molecule has 146 valence electrons. The topological polar surface area (TPSA) is 120 Å². The van der Waals surface area contributed by atoms with Crippen LogP contribution in [0.25, 0.3) is 5.69 Å². The van der Waals surface area contributed by atoms with Crippen LogP contribution in [-0.4, -0.2) is 34.8 Å². The highest BCUT2D eigenvalue weighted by atomic mass is 32.2. The summed E-state index contributed by atoms with van der Waals surface area (Å²) in [7, 11) is -3.76. The van der Waals surface area contributed by atoms with Crippen molar-refractivity contribution in [2.24, 2.45) is 5.14 Å². The number of hydrogen-bond acceptors (Lipinski definition) is 6. The van der Waals surface area contributed by atoms with Crippen molar-refractivity contribution in [2.75, 3.05) is 11.1 Å². The first-order chi connectivity index (χ1) is 13.2. The highest BCUT2D eigenvalue weighted by Crippen LogP contribution is 2.22. The van der Waals surface area contributed by atoms with Crippen molar-refractivity contribution < 1.29 is 13.2 Å². The highest BCUT2D eigenvalue weighted by molar-refractivity contribution is 7.99. The largest absolute Gasteiger partial charge is 0.325 e. The number of hydrogen-bond donors (Lipinski definition) is 2. The number of carbonyl (C=O) groups excluding carboxylic acids is 1. The molecule has 0 saturated heterocycles. The van der Waals surface area contributed by atoms with Gasteiger partial charge in [0.25, 0.3) is 0 Å². The fourth-order valence-corrected chi connectivity index (χ4v) is 3.80. The number of aromatic nitrogens is 3.